The molecule has 1 fully saturated rings. The van der Waals surface area contributed by atoms with Crippen molar-refractivity contribution < 1.29 is 33.3 Å². The molecule has 33 heavy (non-hydrogen) atoms. The Morgan fingerprint density at radius 1 is 1.12 bits per heavy atom. The molecule has 0 aromatic heterocycles. The normalized spacial score (nSPS) is 21.8. The van der Waals surface area contributed by atoms with E-state index >= 15 is 0 Å². The van der Waals surface area contributed by atoms with E-state index in [2.05, 4.69) is 5.32 Å². The van der Waals surface area contributed by atoms with Gasteiger partial charge in [0.15, 0.2) is 0 Å². The van der Waals surface area contributed by atoms with Gasteiger partial charge >= 0.3 is 5.97 Å². The Hall–Kier alpha value is -1.22. The minimum Gasteiger partial charge on any atom is -0.466 e. The summed E-state index contributed by atoms with van der Waals surface area (Å²) in [5, 5.41) is 2.87. The molecule has 0 heterocycles. The molecule has 3 unspecified atom stereocenters. The van der Waals surface area contributed by atoms with Crippen LogP contribution in [0.15, 0.2) is 0 Å². The van der Waals surface area contributed by atoms with E-state index in [1.54, 1.807) is 0 Å². The first-order chi connectivity index (χ1) is 15.7. The molecule has 0 radical (unpaired) electrons. The number of hydrogen-bond acceptors (Lipinski definition) is 7. The fourth-order valence-electron chi connectivity index (χ4n) is 4.09. The third-order valence-corrected chi connectivity index (χ3v) is 6.06. The molecule has 1 aliphatic carbocycles. The lowest BCUT2D eigenvalue weighted by Gasteiger charge is -2.33. The van der Waals surface area contributed by atoms with E-state index in [0.717, 1.165) is 38.5 Å². The highest BCUT2D eigenvalue weighted by atomic mass is 16.7. The van der Waals surface area contributed by atoms with Crippen LogP contribution < -0.4 is 5.32 Å². The Labute approximate surface area is 200 Å². The molecule has 8 heteroatoms. The summed E-state index contributed by atoms with van der Waals surface area (Å²) in [6, 6.07) is -0.270. The fraction of sp³-hybridized carbons (Fsp3) is 0.920. The van der Waals surface area contributed by atoms with Crippen molar-refractivity contribution in [3.63, 3.8) is 0 Å². The Kier molecular flexibility index (Phi) is 14.8. The number of nitrogens with one attached hydrogen (secondary N) is 1. The molecule has 1 saturated carbocycles. The Morgan fingerprint density at radius 2 is 1.82 bits per heavy atom. The van der Waals surface area contributed by atoms with Crippen molar-refractivity contribution in [1.29, 1.82) is 0 Å². The molecule has 0 bridgehead atoms. The van der Waals surface area contributed by atoms with Crippen molar-refractivity contribution in [2.24, 2.45) is 11.8 Å². The highest BCUT2D eigenvalue weighted by molar-refractivity contribution is 5.72. The standard InChI is InChI=1S/C25H47NO7/c1-7-29-18-32-23(10-9-15-33-25(4,5)6)22(26-17-27)16-31-21-13-11-20(12-14-21)19(3)24(28)30-8-2/h17,19-23H,7-16,18H2,1-6H3,(H,26,27). The monoisotopic (exact) mass is 473 g/mol. The zero-order valence-corrected chi connectivity index (χ0v) is 21.6. The number of esters is 1. The third kappa shape index (κ3) is 12.7. The summed E-state index contributed by atoms with van der Waals surface area (Å²) < 4.78 is 28.5. The predicted octanol–water partition coefficient (Wildman–Crippen LogP) is 3.85. The van der Waals surface area contributed by atoms with Crippen LogP contribution in [0.1, 0.15) is 80.1 Å². The second kappa shape index (κ2) is 16.4. The van der Waals surface area contributed by atoms with Gasteiger partial charge < -0.3 is 29.0 Å². The van der Waals surface area contributed by atoms with Gasteiger partial charge in [0.2, 0.25) is 6.41 Å². The third-order valence-electron chi connectivity index (χ3n) is 6.06. The first-order valence-electron chi connectivity index (χ1n) is 12.5. The van der Waals surface area contributed by atoms with Crippen molar-refractivity contribution >= 4 is 12.4 Å². The summed E-state index contributed by atoms with van der Waals surface area (Å²) in [4.78, 5) is 23.3. The van der Waals surface area contributed by atoms with Gasteiger partial charge in [0.25, 0.3) is 0 Å². The maximum absolute atomic E-state index is 12.0. The van der Waals surface area contributed by atoms with Gasteiger partial charge in [0, 0.05) is 13.2 Å². The first kappa shape index (κ1) is 29.8. The Morgan fingerprint density at radius 3 is 2.39 bits per heavy atom. The van der Waals surface area contributed by atoms with Gasteiger partial charge in [-0.25, -0.2) is 0 Å². The molecule has 0 spiro atoms. The number of carbonyl (C=O) groups is 2. The quantitative estimate of drug-likeness (QED) is 0.148. The summed E-state index contributed by atoms with van der Waals surface area (Å²) in [6.07, 6.45) is 5.78. The van der Waals surface area contributed by atoms with Crippen LogP contribution in [0, 0.1) is 11.8 Å². The lowest BCUT2D eigenvalue weighted by molar-refractivity contribution is -0.150. The molecule has 3 atom stereocenters. The summed E-state index contributed by atoms with van der Waals surface area (Å²) in [6.45, 7) is 14.0. The minimum absolute atomic E-state index is 0.0814. The summed E-state index contributed by atoms with van der Waals surface area (Å²) in [5.41, 5.74) is -0.186. The van der Waals surface area contributed by atoms with Crippen LogP contribution in [-0.4, -0.2) is 69.5 Å². The first-order valence-corrected chi connectivity index (χ1v) is 12.5. The van der Waals surface area contributed by atoms with Crippen LogP contribution in [0.25, 0.3) is 0 Å². The SMILES string of the molecule is CCOCOC(CCCOC(C)(C)C)C(COC1CCC(C(C)C(=O)OCC)CC1)NC=O. The van der Waals surface area contributed by atoms with E-state index < -0.39 is 0 Å². The van der Waals surface area contributed by atoms with Crippen molar-refractivity contribution in [3.8, 4) is 0 Å². The van der Waals surface area contributed by atoms with Crippen LogP contribution in [0.3, 0.4) is 0 Å². The van der Waals surface area contributed by atoms with Gasteiger partial charge in [-0.3, -0.25) is 9.59 Å². The molecule has 0 aromatic rings. The second-order valence-corrected chi connectivity index (χ2v) is 9.72. The summed E-state index contributed by atoms with van der Waals surface area (Å²) in [5.74, 6) is 0.141. The summed E-state index contributed by atoms with van der Waals surface area (Å²) >= 11 is 0. The largest absolute Gasteiger partial charge is 0.466 e. The molecule has 194 valence electrons. The van der Waals surface area contributed by atoms with E-state index in [4.69, 9.17) is 23.7 Å². The topological polar surface area (TPSA) is 92.3 Å². The van der Waals surface area contributed by atoms with E-state index in [-0.39, 0.29) is 42.5 Å². The molecule has 1 N–H and O–H groups in total. The lowest BCUT2D eigenvalue weighted by atomic mass is 9.79. The van der Waals surface area contributed by atoms with Crippen molar-refractivity contribution in [3.05, 3.63) is 0 Å². The van der Waals surface area contributed by atoms with Crippen LogP contribution in [0.2, 0.25) is 0 Å². The molecular weight excluding hydrogens is 426 g/mol. The molecule has 1 aliphatic rings. The highest BCUT2D eigenvalue weighted by Crippen LogP contribution is 2.32. The molecule has 0 aromatic carbocycles. The van der Waals surface area contributed by atoms with Gasteiger partial charge in [-0.2, -0.15) is 0 Å². The number of amides is 1. The van der Waals surface area contributed by atoms with E-state index in [9.17, 15) is 9.59 Å². The van der Waals surface area contributed by atoms with E-state index in [1.807, 2.05) is 41.5 Å². The maximum Gasteiger partial charge on any atom is 0.308 e. The number of ether oxygens (including phenoxy) is 5. The van der Waals surface area contributed by atoms with Gasteiger partial charge in [-0.05, 0) is 79.1 Å². The van der Waals surface area contributed by atoms with Gasteiger partial charge in [0.1, 0.15) is 6.79 Å². The molecule has 0 aliphatic heterocycles. The van der Waals surface area contributed by atoms with Crippen LogP contribution >= 0.6 is 0 Å². The van der Waals surface area contributed by atoms with E-state index in [0.29, 0.717) is 38.8 Å². The Bertz CT molecular complexity index is 529. The zero-order valence-electron chi connectivity index (χ0n) is 21.6. The van der Waals surface area contributed by atoms with Gasteiger partial charge in [-0.15, -0.1) is 0 Å². The van der Waals surface area contributed by atoms with Crippen LogP contribution in [-0.2, 0) is 33.3 Å². The number of carbonyl (C=O) groups excluding carboxylic acids is 2. The lowest BCUT2D eigenvalue weighted by Crippen LogP contribution is -2.45. The minimum atomic E-state index is -0.270. The highest BCUT2D eigenvalue weighted by Gasteiger charge is 2.31. The molecule has 0 saturated heterocycles. The van der Waals surface area contributed by atoms with E-state index in [1.165, 1.54) is 0 Å². The fourth-order valence-corrected chi connectivity index (χ4v) is 4.09. The van der Waals surface area contributed by atoms with Crippen molar-refractivity contribution in [2.45, 2.75) is 104 Å². The molecular formula is C25H47NO7. The average molecular weight is 474 g/mol. The maximum atomic E-state index is 12.0. The van der Waals surface area contributed by atoms with Crippen LogP contribution in [0.5, 0.6) is 0 Å². The molecule has 1 amide bonds. The smallest absolute Gasteiger partial charge is 0.308 e. The predicted molar refractivity (Wildman–Crippen MR) is 127 cm³/mol. The van der Waals surface area contributed by atoms with Crippen molar-refractivity contribution in [1.82, 2.24) is 5.32 Å². The van der Waals surface area contributed by atoms with Gasteiger partial charge in [-0.1, -0.05) is 6.92 Å². The second-order valence-electron chi connectivity index (χ2n) is 9.72. The van der Waals surface area contributed by atoms with Gasteiger partial charge in [0.05, 0.1) is 43.0 Å². The molecule has 8 nitrogen and oxygen atoms in total. The molecule has 1 rings (SSSR count). The van der Waals surface area contributed by atoms with Crippen molar-refractivity contribution in [2.75, 3.05) is 33.2 Å². The summed E-state index contributed by atoms with van der Waals surface area (Å²) in [7, 11) is 0. The Balaban J connectivity index is 2.55. The zero-order chi connectivity index (χ0) is 24.7. The number of rotatable bonds is 17. The number of hydrogen-bond donors (Lipinski definition) is 1. The van der Waals surface area contributed by atoms with Crippen LogP contribution in [0.4, 0.5) is 0 Å². The average Bonchev–Trinajstić information content (AvgIpc) is 2.78.